The molecule has 0 fully saturated rings. The first-order chi connectivity index (χ1) is 11.5. The molecule has 0 unspecified atom stereocenters. The first-order valence-corrected chi connectivity index (χ1v) is 7.79. The minimum atomic E-state index is -5.08. The lowest BCUT2D eigenvalue weighted by Gasteiger charge is -2.02. The van der Waals surface area contributed by atoms with E-state index in [-0.39, 0.29) is 6.73 Å². The van der Waals surface area contributed by atoms with E-state index in [2.05, 4.69) is 14.5 Å². The second-order valence-corrected chi connectivity index (χ2v) is 5.46. The number of aliphatic carboxylic acids is 1. The average molecular weight is 382 g/mol. The highest BCUT2D eigenvalue weighted by Gasteiger charge is 2.38. The Labute approximate surface area is 138 Å². The Morgan fingerprint density at radius 2 is 1.68 bits per heavy atom. The molecule has 3 N–H and O–H groups in total. The predicted octanol–water partition coefficient (Wildman–Crippen LogP) is 1.13. The van der Waals surface area contributed by atoms with Gasteiger partial charge in [0, 0.05) is 30.1 Å². The minimum Gasteiger partial charge on any atom is -0.475 e. The Kier molecular flexibility index (Phi) is 7.12. The SMILES string of the molecule is O=C(O)C(F)(F)F.O=P(O)(O)OC[n+]1ccc(-c2ncccn2)cc1. The number of halogens is 3. The van der Waals surface area contributed by atoms with Crippen LogP contribution >= 0.6 is 7.82 Å². The van der Waals surface area contributed by atoms with Crippen molar-refractivity contribution in [2.24, 2.45) is 0 Å². The standard InChI is InChI=1S/C10H10N3O4P.C2HF3O2/c14-18(15,16)17-8-13-6-2-9(3-7-13)10-11-4-1-5-12-10;3-2(4,5)1(6)7/h1-7H,8H2,(H-,14,15,16);(H,6,7)/p+1. The van der Waals surface area contributed by atoms with Gasteiger partial charge in [0.15, 0.2) is 18.2 Å². The van der Waals surface area contributed by atoms with Crippen molar-refractivity contribution in [3.8, 4) is 11.4 Å². The minimum absolute atomic E-state index is 0.222. The molecule has 2 aromatic heterocycles. The predicted molar refractivity (Wildman–Crippen MR) is 74.5 cm³/mol. The second kappa shape index (κ2) is 8.62. The molecule has 136 valence electrons. The van der Waals surface area contributed by atoms with Crippen molar-refractivity contribution in [1.29, 1.82) is 0 Å². The number of carbonyl (C=O) groups is 1. The number of pyridine rings is 1. The summed E-state index contributed by atoms with van der Waals surface area (Å²) in [6.45, 7) is -0.222. The van der Waals surface area contributed by atoms with Gasteiger partial charge in [-0.05, 0) is 6.07 Å². The van der Waals surface area contributed by atoms with E-state index < -0.39 is 20.0 Å². The van der Waals surface area contributed by atoms with Crippen molar-refractivity contribution in [3.63, 3.8) is 0 Å². The normalized spacial score (nSPS) is 11.4. The number of nitrogens with zero attached hydrogens (tertiary/aromatic N) is 3. The number of hydrogen-bond donors (Lipinski definition) is 3. The molecule has 13 heteroatoms. The van der Waals surface area contributed by atoms with E-state index in [0.717, 1.165) is 5.56 Å². The zero-order valence-corrected chi connectivity index (χ0v) is 13.1. The van der Waals surface area contributed by atoms with Gasteiger partial charge in [0.25, 0.3) is 6.73 Å². The maximum Gasteiger partial charge on any atom is 0.490 e. The van der Waals surface area contributed by atoms with Gasteiger partial charge in [-0.1, -0.05) is 0 Å². The number of phosphoric ester groups is 1. The Bertz CT molecular complexity index is 736. The molecule has 0 aliphatic rings. The fourth-order valence-electron chi connectivity index (χ4n) is 1.28. The van der Waals surface area contributed by atoms with Gasteiger partial charge >= 0.3 is 20.0 Å². The number of alkyl halides is 3. The lowest BCUT2D eigenvalue weighted by Crippen LogP contribution is -2.33. The van der Waals surface area contributed by atoms with Crippen LogP contribution in [0.1, 0.15) is 0 Å². The summed E-state index contributed by atoms with van der Waals surface area (Å²) in [5, 5.41) is 7.12. The van der Waals surface area contributed by atoms with E-state index in [0.29, 0.717) is 5.82 Å². The molecule has 0 radical (unpaired) electrons. The van der Waals surface area contributed by atoms with Gasteiger partial charge in [-0.15, -0.1) is 0 Å². The van der Waals surface area contributed by atoms with E-state index >= 15 is 0 Å². The zero-order chi connectivity index (χ0) is 19.1. The topological polar surface area (TPSA) is 134 Å². The van der Waals surface area contributed by atoms with Crippen molar-refractivity contribution >= 4 is 13.8 Å². The molecule has 0 amide bonds. The van der Waals surface area contributed by atoms with E-state index in [1.165, 1.54) is 4.57 Å². The van der Waals surface area contributed by atoms with E-state index in [1.54, 1.807) is 43.0 Å². The summed E-state index contributed by atoms with van der Waals surface area (Å²) in [5.41, 5.74) is 0.808. The molecule has 0 bridgehead atoms. The highest BCUT2D eigenvalue weighted by Crippen LogP contribution is 2.35. The van der Waals surface area contributed by atoms with Gasteiger partial charge in [0.1, 0.15) is 0 Å². The fraction of sp³-hybridized carbons (Fsp3) is 0.167. The smallest absolute Gasteiger partial charge is 0.475 e. The number of carboxylic acids is 1. The molecule has 0 aromatic carbocycles. The molecule has 2 aromatic rings. The number of phosphoric acid groups is 1. The van der Waals surface area contributed by atoms with Crippen LogP contribution in [0, 0.1) is 0 Å². The third kappa shape index (κ3) is 8.31. The molecular formula is C12H12F3N3O6P+. The molecule has 0 atom stereocenters. The lowest BCUT2D eigenvalue weighted by atomic mass is 10.2. The van der Waals surface area contributed by atoms with Crippen molar-refractivity contribution in [2.45, 2.75) is 12.9 Å². The van der Waals surface area contributed by atoms with E-state index in [1.807, 2.05) is 0 Å². The molecule has 0 aliphatic heterocycles. The largest absolute Gasteiger partial charge is 0.490 e. The highest BCUT2D eigenvalue weighted by atomic mass is 31.2. The molecule has 0 aliphatic carbocycles. The van der Waals surface area contributed by atoms with E-state index in [4.69, 9.17) is 19.7 Å². The third-order valence-corrected chi connectivity index (χ3v) is 2.78. The van der Waals surface area contributed by atoms with Gasteiger partial charge in [-0.3, -0.25) is 0 Å². The average Bonchev–Trinajstić information content (AvgIpc) is 2.53. The molecule has 25 heavy (non-hydrogen) atoms. The summed E-state index contributed by atoms with van der Waals surface area (Å²) in [4.78, 5) is 34.2. The van der Waals surface area contributed by atoms with Crippen molar-refractivity contribution in [2.75, 3.05) is 0 Å². The Balaban J connectivity index is 0.000000381. The summed E-state index contributed by atoms with van der Waals surface area (Å²) in [6, 6.07) is 5.19. The van der Waals surface area contributed by atoms with Crippen LogP contribution in [0.5, 0.6) is 0 Å². The summed E-state index contributed by atoms with van der Waals surface area (Å²) in [7, 11) is -4.45. The molecular weight excluding hydrogens is 370 g/mol. The number of aromatic nitrogens is 3. The summed E-state index contributed by atoms with van der Waals surface area (Å²) in [6.07, 6.45) is 1.45. The maximum atomic E-state index is 10.6. The lowest BCUT2D eigenvalue weighted by molar-refractivity contribution is -0.725. The Morgan fingerprint density at radius 1 is 1.20 bits per heavy atom. The van der Waals surface area contributed by atoms with Gasteiger partial charge in [0.2, 0.25) is 0 Å². The van der Waals surface area contributed by atoms with E-state index in [9.17, 15) is 17.7 Å². The molecule has 0 saturated carbocycles. The van der Waals surface area contributed by atoms with Crippen LogP contribution in [-0.2, 0) is 20.6 Å². The summed E-state index contributed by atoms with van der Waals surface area (Å²) >= 11 is 0. The number of rotatable bonds is 4. The highest BCUT2D eigenvalue weighted by molar-refractivity contribution is 7.46. The van der Waals surface area contributed by atoms with Gasteiger partial charge < -0.3 is 14.9 Å². The van der Waals surface area contributed by atoms with Crippen LogP contribution in [-0.4, -0.2) is 37.0 Å². The van der Waals surface area contributed by atoms with Gasteiger partial charge in [0.05, 0.1) is 0 Å². The summed E-state index contributed by atoms with van der Waals surface area (Å²) in [5.74, 6) is -2.17. The number of hydrogen-bond acceptors (Lipinski definition) is 5. The second-order valence-electron chi connectivity index (χ2n) is 4.23. The van der Waals surface area contributed by atoms with Crippen molar-refractivity contribution in [3.05, 3.63) is 43.0 Å². The molecule has 2 heterocycles. The molecule has 2 rings (SSSR count). The Hall–Kier alpha value is -2.40. The zero-order valence-electron chi connectivity index (χ0n) is 12.2. The van der Waals surface area contributed by atoms with Crippen molar-refractivity contribution < 1.29 is 46.5 Å². The van der Waals surface area contributed by atoms with Gasteiger partial charge in [-0.25, -0.2) is 23.9 Å². The molecule has 9 nitrogen and oxygen atoms in total. The maximum absolute atomic E-state index is 10.6. The van der Waals surface area contributed by atoms with Crippen LogP contribution in [0.25, 0.3) is 11.4 Å². The van der Waals surface area contributed by atoms with Crippen LogP contribution in [0.2, 0.25) is 0 Å². The Morgan fingerprint density at radius 3 is 2.08 bits per heavy atom. The van der Waals surface area contributed by atoms with Crippen LogP contribution in [0.4, 0.5) is 13.2 Å². The van der Waals surface area contributed by atoms with Crippen LogP contribution < -0.4 is 4.57 Å². The first-order valence-electron chi connectivity index (χ1n) is 6.26. The van der Waals surface area contributed by atoms with Crippen molar-refractivity contribution in [1.82, 2.24) is 9.97 Å². The quantitative estimate of drug-likeness (QED) is 0.529. The summed E-state index contributed by atoms with van der Waals surface area (Å²) < 4.78 is 48.1. The van der Waals surface area contributed by atoms with Gasteiger partial charge in [-0.2, -0.15) is 17.7 Å². The monoisotopic (exact) mass is 382 g/mol. The third-order valence-electron chi connectivity index (χ3n) is 2.33. The first kappa shape index (κ1) is 20.6. The molecule has 0 saturated heterocycles. The molecule has 0 spiro atoms. The van der Waals surface area contributed by atoms with Crippen LogP contribution in [0.15, 0.2) is 43.0 Å². The van der Waals surface area contributed by atoms with Crippen LogP contribution in [0.3, 0.4) is 0 Å². The fourth-order valence-corrected chi connectivity index (χ4v) is 1.57. The number of carboxylic acid groups (broad SMARTS) is 1.